The average Bonchev–Trinajstić information content (AvgIpc) is 3.03. The normalized spacial score (nSPS) is 17.0. The maximum atomic E-state index is 15.3. The van der Waals surface area contributed by atoms with E-state index < -0.39 is 23.3 Å². The Hall–Kier alpha value is -2.66. The van der Waals surface area contributed by atoms with Gasteiger partial charge in [-0.25, -0.2) is 17.6 Å². The predicted octanol–water partition coefficient (Wildman–Crippen LogP) is 12.1. The third kappa shape index (κ3) is 8.94. The summed E-state index contributed by atoms with van der Waals surface area (Å²) in [5, 5.41) is 0. The molecule has 0 bridgehead atoms. The quantitative estimate of drug-likeness (QED) is 0.118. The number of aryl methyl sites for hydroxylation is 1. The summed E-state index contributed by atoms with van der Waals surface area (Å²) >= 11 is 0. The van der Waals surface area contributed by atoms with Crippen molar-refractivity contribution in [1.82, 2.24) is 0 Å². The summed E-state index contributed by atoms with van der Waals surface area (Å²) < 4.78 is 66.5. The Kier molecular flexibility index (Phi) is 13.1. The van der Waals surface area contributed by atoms with Crippen molar-refractivity contribution in [3.05, 3.63) is 82.9 Å². The molecule has 2 unspecified atom stereocenters. The van der Waals surface area contributed by atoms with E-state index in [9.17, 15) is 4.39 Å². The van der Waals surface area contributed by atoms with Gasteiger partial charge in [0.1, 0.15) is 0 Å². The predicted molar refractivity (Wildman–Crippen MR) is 169 cm³/mol. The first-order valence-electron chi connectivity index (χ1n) is 16.6. The smallest absolute Gasteiger partial charge is 0.166 e. The van der Waals surface area contributed by atoms with Crippen molar-refractivity contribution in [2.75, 3.05) is 6.61 Å². The number of halogens is 4. The van der Waals surface area contributed by atoms with Gasteiger partial charge in [0.15, 0.2) is 23.3 Å². The summed E-state index contributed by atoms with van der Waals surface area (Å²) in [6.45, 7) is 4.78. The van der Waals surface area contributed by atoms with Crippen LogP contribution >= 0.6 is 0 Å². The van der Waals surface area contributed by atoms with Gasteiger partial charge in [-0.1, -0.05) is 127 Å². The first-order valence-corrected chi connectivity index (χ1v) is 16.6. The number of rotatable bonds is 16. The Morgan fingerprint density at radius 1 is 0.581 bits per heavy atom. The zero-order chi connectivity index (χ0) is 30.6. The van der Waals surface area contributed by atoms with E-state index in [-0.39, 0.29) is 23.1 Å². The molecule has 1 saturated heterocycles. The van der Waals surface area contributed by atoms with Crippen LogP contribution in [0.2, 0.25) is 0 Å². The van der Waals surface area contributed by atoms with E-state index in [1.54, 1.807) is 48.5 Å². The lowest BCUT2D eigenvalue weighted by Gasteiger charge is -2.30. The summed E-state index contributed by atoms with van der Waals surface area (Å²) in [6, 6.07) is 13.1. The highest BCUT2D eigenvalue weighted by Gasteiger charge is 2.27. The van der Waals surface area contributed by atoms with Crippen LogP contribution in [0.1, 0.15) is 121 Å². The van der Waals surface area contributed by atoms with E-state index in [1.807, 2.05) is 0 Å². The third-order valence-corrected chi connectivity index (χ3v) is 9.02. The summed E-state index contributed by atoms with van der Waals surface area (Å²) in [4.78, 5) is 0. The van der Waals surface area contributed by atoms with Crippen molar-refractivity contribution < 1.29 is 22.3 Å². The highest BCUT2D eigenvalue weighted by Crippen LogP contribution is 2.36. The van der Waals surface area contributed by atoms with Crippen LogP contribution in [-0.2, 0) is 11.2 Å². The maximum Gasteiger partial charge on any atom is 0.166 e. The van der Waals surface area contributed by atoms with Crippen LogP contribution in [0.15, 0.2) is 48.5 Å². The fourth-order valence-corrected chi connectivity index (χ4v) is 6.29. The van der Waals surface area contributed by atoms with Gasteiger partial charge in [0.25, 0.3) is 0 Å². The minimum Gasteiger partial charge on any atom is -0.378 e. The minimum absolute atomic E-state index is 0.149. The lowest BCUT2D eigenvalue weighted by Crippen LogP contribution is -2.25. The molecule has 3 aromatic carbocycles. The molecule has 5 heteroatoms. The van der Waals surface area contributed by atoms with Crippen molar-refractivity contribution >= 4 is 0 Å². The molecular formula is C38H48F4O. The zero-order valence-electron chi connectivity index (χ0n) is 26.0. The van der Waals surface area contributed by atoms with Gasteiger partial charge >= 0.3 is 0 Å². The number of ether oxygens (including phenoxy) is 1. The van der Waals surface area contributed by atoms with Crippen LogP contribution in [-0.4, -0.2) is 12.7 Å². The summed E-state index contributed by atoms with van der Waals surface area (Å²) in [6.07, 6.45) is 16.0. The van der Waals surface area contributed by atoms with Crippen molar-refractivity contribution in [3.63, 3.8) is 0 Å². The van der Waals surface area contributed by atoms with Gasteiger partial charge in [-0.05, 0) is 54.4 Å². The zero-order valence-corrected chi connectivity index (χ0v) is 26.0. The minimum atomic E-state index is -0.889. The molecule has 0 spiro atoms. The highest BCUT2D eigenvalue weighted by atomic mass is 19.2. The molecule has 234 valence electrons. The molecule has 0 N–H and O–H groups in total. The lowest BCUT2D eigenvalue weighted by molar-refractivity contribution is -0.00283. The maximum absolute atomic E-state index is 15.3. The van der Waals surface area contributed by atoms with Gasteiger partial charge < -0.3 is 4.74 Å². The van der Waals surface area contributed by atoms with Gasteiger partial charge in [0, 0.05) is 17.0 Å². The van der Waals surface area contributed by atoms with Crippen LogP contribution in [0, 0.1) is 23.3 Å². The van der Waals surface area contributed by atoms with Crippen LogP contribution < -0.4 is 0 Å². The molecule has 2 atom stereocenters. The largest absolute Gasteiger partial charge is 0.378 e. The molecule has 1 aliphatic heterocycles. The standard InChI is InChI=1S/C38H48F4O/c1-3-5-7-9-11-12-14-29-21-23-32(36(40)35(29)39)27-16-18-28(19-17-27)33-24-25-34(38(42)37(33)41)30-20-22-31(43-26-30)15-13-10-8-6-4-2/h16-19,21,23-25,30-31H,3-15,20,22,26H2,1-2H3. The summed E-state index contributed by atoms with van der Waals surface area (Å²) in [5.74, 6) is -3.55. The molecule has 4 rings (SSSR count). The molecule has 1 fully saturated rings. The van der Waals surface area contributed by atoms with Gasteiger partial charge in [-0.2, -0.15) is 0 Å². The number of hydrogen-bond donors (Lipinski definition) is 0. The third-order valence-electron chi connectivity index (χ3n) is 9.02. The molecule has 1 nitrogen and oxygen atoms in total. The van der Waals surface area contributed by atoms with E-state index in [1.165, 1.54) is 44.9 Å². The monoisotopic (exact) mass is 596 g/mol. The molecule has 1 heterocycles. The van der Waals surface area contributed by atoms with Crippen molar-refractivity contribution in [2.24, 2.45) is 0 Å². The van der Waals surface area contributed by atoms with Crippen molar-refractivity contribution in [1.29, 1.82) is 0 Å². The topological polar surface area (TPSA) is 9.23 Å². The first-order chi connectivity index (χ1) is 20.9. The fourth-order valence-electron chi connectivity index (χ4n) is 6.29. The molecule has 3 aromatic rings. The Morgan fingerprint density at radius 3 is 1.74 bits per heavy atom. The van der Waals surface area contributed by atoms with E-state index >= 15 is 13.2 Å². The van der Waals surface area contributed by atoms with E-state index in [2.05, 4.69) is 13.8 Å². The second-order valence-electron chi connectivity index (χ2n) is 12.3. The van der Waals surface area contributed by atoms with Gasteiger partial charge in [0.2, 0.25) is 0 Å². The molecule has 43 heavy (non-hydrogen) atoms. The molecule has 0 radical (unpaired) electrons. The van der Waals surface area contributed by atoms with Crippen molar-refractivity contribution in [3.8, 4) is 22.3 Å². The fraction of sp³-hybridized carbons (Fsp3) is 0.526. The van der Waals surface area contributed by atoms with Gasteiger partial charge in [-0.15, -0.1) is 0 Å². The molecule has 0 saturated carbocycles. The first kappa shape index (κ1) is 33.2. The number of benzene rings is 3. The molecular weight excluding hydrogens is 548 g/mol. The Labute approximate surface area is 256 Å². The van der Waals surface area contributed by atoms with Crippen LogP contribution in [0.5, 0.6) is 0 Å². The summed E-state index contributed by atoms with van der Waals surface area (Å²) in [7, 11) is 0. The Balaban J connectivity index is 1.37. The Morgan fingerprint density at radius 2 is 1.14 bits per heavy atom. The SMILES string of the molecule is CCCCCCCCc1ccc(-c2ccc(-c3ccc(C4CCC(CCCCCCC)OC4)c(F)c3F)cc2)c(F)c1F. The van der Waals surface area contributed by atoms with E-state index in [0.717, 1.165) is 44.9 Å². The van der Waals surface area contributed by atoms with Crippen LogP contribution in [0.4, 0.5) is 17.6 Å². The van der Waals surface area contributed by atoms with Gasteiger partial charge in [-0.3, -0.25) is 0 Å². The highest BCUT2D eigenvalue weighted by molar-refractivity contribution is 5.71. The second-order valence-corrected chi connectivity index (χ2v) is 12.3. The van der Waals surface area contributed by atoms with Crippen molar-refractivity contribution in [2.45, 2.75) is 122 Å². The molecule has 0 aliphatic carbocycles. The van der Waals surface area contributed by atoms with Crippen LogP contribution in [0.25, 0.3) is 22.3 Å². The van der Waals surface area contributed by atoms with E-state index in [4.69, 9.17) is 4.74 Å². The Bertz CT molecular complexity index is 1280. The number of hydrogen-bond acceptors (Lipinski definition) is 1. The lowest BCUT2D eigenvalue weighted by atomic mass is 9.88. The van der Waals surface area contributed by atoms with Gasteiger partial charge in [0.05, 0.1) is 12.7 Å². The second kappa shape index (κ2) is 17.0. The molecule has 1 aliphatic rings. The van der Waals surface area contributed by atoms with E-state index in [0.29, 0.717) is 35.3 Å². The van der Waals surface area contributed by atoms with Crippen LogP contribution in [0.3, 0.4) is 0 Å². The summed E-state index contributed by atoms with van der Waals surface area (Å²) in [5.41, 5.74) is 2.04. The number of unbranched alkanes of at least 4 members (excludes halogenated alkanes) is 9. The molecule has 0 aromatic heterocycles. The molecule has 0 amide bonds. The average molecular weight is 597 g/mol.